The van der Waals surface area contributed by atoms with Crippen LogP contribution >= 0.6 is 27.3 Å². The van der Waals surface area contributed by atoms with Gasteiger partial charge in [-0.25, -0.2) is 0 Å². The Balaban J connectivity index is 1.72. The molecule has 1 aliphatic heterocycles. The van der Waals surface area contributed by atoms with Crippen LogP contribution in [0.4, 0.5) is 0 Å². The first-order valence-corrected chi connectivity index (χ1v) is 8.99. The third-order valence-corrected chi connectivity index (χ3v) is 6.53. The van der Waals surface area contributed by atoms with E-state index in [1.54, 1.807) is 0 Å². The van der Waals surface area contributed by atoms with Crippen LogP contribution < -0.4 is 5.32 Å². The van der Waals surface area contributed by atoms with Crippen LogP contribution in [0.3, 0.4) is 0 Å². The number of rotatable bonds is 4. The Kier molecular flexibility index (Phi) is 4.05. The number of hydrogen-bond donors (Lipinski definition) is 1. The van der Waals surface area contributed by atoms with Gasteiger partial charge in [-0.1, -0.05) is 6.92 Å². The van der Waals surface area contributed by atoms with Crippen LogP contribution in [-0.4, -0.2) is 29.6 Å². The van der Waals surface area contributed by atoms with Crippen molar-refractivity contribution in [2.75, 3.05) is 13.1 Å². The fourth-order valence-electron chi connectivity index (χ4n) is 3.03. The Morgan fingerprint density at radius 1 is 1.53 bits per heavy atom. The van der Waals surface area contributed by atoms with Crippen molar-refractivity contribution < 1.29 is 0 Å². The van der Waals surface area contributed by atoms with Crippen LogP contribution in [0.5, 0.6) is 0 Å². The van der Waals surface area contributed by atoms with Gasteiger partial charge in [-0.05, 0) is 54.1 Å². The second-order valence-corrected chi connectivity index (χ2v) is 8.20. The predicted octanol–water partition coefficient (Wildman–Crippen LogP) is 3.86. The molecule has 2 atom stereocenters. The third-order valence-electron chi connectivity index (χ3n) is 4.85. The zero-order valence-electron chi connectivity index (χ0n) is 11.8. The zero-order chi connectivity index (χ0) is 13.5. The maximum Gasteiger partial charge on any atom is 0.0334 e. The molecule has 1 aromatic heterocycles. The van der Waals surface area contributed by atoms with E-state index in [0.29, 0.717) is 5.54 Å². The SMILES string of the molecule is CCC1(C)CNC(C2CC2)CN1Cc1cc(Br)cs1. The lowest BCUT2D eigenvalue weighted by atomic mass is 9.91. The number of nitrogens with zero attached hydrogens (tertiary/aromatic N) is 1. The first kappa shape index (κ1) is 14.1. The molecule has 1 saturated heterocycles. The molecule has 19 heavy (non-hydrogen) atoms. The van der Waals surface area contributed by atoms with Crippen LogP contribution in [-0.2, 0) is 6.54 Å². The maximum atomic E-state index is 3.80. The van der Waals surface area contributed by atoms with Crippen molar-refractivity contribution in [1.82, 2.24) is 10.2 Å². The van der Waals surface area contributed by atoms with E-state index in [1.807, 2.05) is 11.3 Å². The standard InChI is InChI=1S/C15H23BrN2S/c1-3-15(2)10-17-14(11-4-5-11)8-18(15)7-13-6-12(16)9-19-13/h6,9,11,14,17H,3-5,7-8,10H2,1-2H3. The van der Waals surface area contributed by atoms with E-state index in [9.17, 15) is 0 Å². The Hall–Kier alpha value is 0.1000. The summed E-state index contributed by atoms with van der Waals surface area (Å²) in [5.74, 6) is 0.943. The van der Waals surface area contributed by atoms with E-state index in [4.69, 9.17) is 0 Å². The van der Waals surface area contributed by atoms with E-state index >= 15 is 0 Å². The molecule has 1 aromatic rings. The Labute approximate surface area is 128 Å². The van der Waals surface area contributed by atoms with Crippen molar-refractivity contribution in [1.29, 1.82) is 0 Å². The van der Waals surface area contributed by atoms with Crippen molar-refractivity contribution in [2.45, 2.75) is 51.2 Å². The average Bonchev–Trinajstić information content (AvgIpc) is 3.16. The number of piperazine rings is 1. The highest BCUT2D eigenvalue weighted by atomic mass is 79.9. The number of thiophene rings is 1. The summed E-state index contributed by atoms with van der Waals surface area (Å²) in [6.45, 7) is 8.18. The molecule has 3 rings (SSSR count). The molecule has 2 nitrogen and oxygen atoms in total. The highest BCUT2D eigenvalue weighted by Crippen LogP contribution is 2.37. The van der Waals surface area contributed by atoms with E-state index in [1.165, 1.54) is 35.2 Å². The first-order valence-electron chi connectivity index (χ1n) is 7.32. The van der Waals surface area contributed by atoms with Gasteiger partial charge in [-0.2, -0.15) is 0 Å². The molecule has 2 aliphatic rings. The van der Waals surface area contributed by atoms with Crippen LogP contribution in [0.1, 0.15) is 38.0 Å². The molecule has 2 heterocycles. The first-order chi connectivity index (χ1) is 9.10. The normalized spacial score (nSPS) is 32.7. The Morgan fingerprint density at radius 2 is 2.32 bits per heavy atom. The van der Waals surface area contributed by atoms with Gasteiger partial charge in [0.25, 0.3) is 0 Å². The summed E-state index contributed by atoms with van der Waals surface area (Å²) in [4.78, 5) is 4.19. The van der Waals surface area contributed by atoms with Crippen LogP contribution in [0.2, 0.25) is 0 Å². The van der Waals surface area contributed by atoms with Crippen molar-refractivity contribution in [3.63, 3.8) is 0 Å². The summed E-state index contributed by atoms with van der Waals surface area (Å²) in [6.07, 6.45) is 4.07. The molecule has 0 radical (unpaired) electrons. The monoisotopic (exact) mass is 342 g/mol. The summed E-state index contributed by atoms with van der Waals surface area (Å²) in [5.41, 5.74) is 0.307. The molecule has 0 spiro atoms. The van der Waals surface area contributed by atoms with Crippen molar-refractivity contribution in [3.05, 3.63) is 20.8 Å². The lowest BCUT2D eigenvalue weighted by molar-refractivity contribution is 0.0378. The second-order valence-electron chi connectivity index (χ2n) is 6.29. The van der Waals surface area contributed by atoms with Gasteiger partial charge in [0.2, 0.25) is 0 Å². The molecule has 2 fully saturated rings. The van der Waals surface area contributed by atoms with E-state index in [0.717, 1.165) is 25.0 Å². The summed E-state index contributed by atoms with van der Waals surface area (Å²) in [6, 6.07) is 3.00. The van der Waals surface area contributed by atoms with Crippen molar-refractivity contribution in [3.8, 4) is 0 Å². The molecule has 1 aliphatic carbocycles. The molecule has 0 amide bonds. The number of nitrogens with one attached hydrogen (secondary N) is 1. The van der Waals surface area contributed by atoms with Gasteiger partial charge >= 0.3 is 0 Å². The molecule has 1 N–H and O–H groups in total. The van der Waals surface area contributed by atoms with Crippen molar-refractivity contribution in [2.24, 2.45) is 5.92 Å². The topological polar surface area (TPSA) is 15.3 Å². The van der Waals surface area contributed by atoms with Crippen molar-refractivity contribution >= 4 is 27.3 Å². The molecule has 4 heteroatoms. The van der Waals surface area contributed by atoms with Gasteiger partial charge in [-0.3, -0.25) is 4.90 Å². The Morgan fingerprint density at radius 3 is 2.89 bits per heavy atom. The minimum atomic E-state index is 0.307. The van der Waals surface area contributed by atoms with Crippen LogP contribution in [0.15, 0.2) is 15.9 Å². The third kappa shape index (κ3) is 3.07. The second kappa shape index (κ2) is 5.47. The van der Waals surface area contributed by atoms with Gasteiger partial charge < -0.3 is 5.32 Å². The zero-order valence-corrected chi connectivity index (χ0v) is 14.2. The Bertz CT molecular complexity index is 443. The molecule has 0 aromatic carbocycles. The summed E-state index contributed by atoms with van der Waals surface area (Å²) < 4.78 is 1.22. The minimum Gasteiger partial charge on any atom is -0.311 e. The van der Waals surface area contributed by atoms with Gasteiger partial charge in [0.1, 0.15) is 0 Å². The fourth-order valence-corrected chi connectivity index (χ4v) is 4.49. The van der Waals surface area contributed by atoms with E-state index in [2.05, 4.69) is 51.4 Å². The molecular formula is C15H23BrN2S. The van der Waals surface area contributed by atoms with Crippen LogP contribution in [0.25, 0.3) is 0 Å². The highest BCUT2D eigenvalue weighted by molar-refractivity contribution is 9.10. The van der Waals surface area contributed by atoms with E-state index < -0.39 is 0 Å². The lowest BCUT2D eigenvalue weighted by Crippen LogP contribution is -2.63. The lowest BCUT2D eigenvalue weighted by Gasteiger charge is -2.48. The summed E-state index contributed by atoms with van der Waals surface area (Å²) in [5, 5.41) is 5.99. The molecular weight excluding hydrogens is 320 g/mol. The van der Waals surface area contributed by atoms with Gasteiger partial charge in [-0.15, -0.1) is 11.3 Å². The molecule has 2 unspecified atom stereocenters. The smallest absolute Gasteiger partial charge is 0.0334 e. The number of hydrogen-bond acceptors (Lipinski definition) is 3. The molecule has 0 bridgehead atoms. The highest BCUT2D eigenvalue weighted by Gasteiger charge is 2.41. The van der Waals surface area contributed by atoms with Gasteiger partial charge in [0, 0.05) is 45.9 Å². The average molecular weight is 343 g/mol. The predicted molar refractivity (Wildman–Crippen MR) is 85.6 cm³/mol. The molecule has 106 valence electrons. The van der Waals surface area contributed by atoms with Gasteiger partial charge in [0.15, 0.2) is 0 Å². The fraction of sp³-hybridized carbons (Fsp3) is 0.733. The maximum absolute atomic E-state index is 3.80. The molecule has 1 saturated carbocycles. The minimum absolute atomic E-state index is 0.307. The van der Waals surface area contributed by atoms with Gasteiger partial charge in [0.05, 0.1) is 0 Å². The van der Waals surface area contributed by atoms with Crippen LogP contribution in [0, 0.1) is 5.92 Å². The quantitative estimate of drug-likeness (QED) is 0.893. The number of halogens is 1. The summed E-state index contributed by atoms with van der Waals surface area (Å²) in [7, 11) is 0. The largest absolute Gasteiger partial charge is 0.311 e. The summed E-state index contributed by atoms with van der Waals surface area (Å²) >= 11 is 5.44. The van der Waals surface area contributed by atoms with E-state index in [-0.39, 0.29) is 0 Å².